The summed E-state index contributed by atoms with van der Waals surface area (Å²) in [6.07, 6.45) is 90.6. The highest BCUT2D eigenvalue weighted by Crippen LogP contribution is 2.17. The highest BCUT2D eigenvalue weighted by Gasteiger charge is 2.19. The van der Waals surface area contributed by atoms with Crippen molar-refractivity contribution in [2.24, 2.45) is 0 Å². The summed E-state index contributed by atoms with van der Waals surface area (Å²) in [5.41, 5.74) is 0. The standard InChI is InChI=1S/C75H134O6/c1-4-7-10-13-16-19-22-25-28-30-32-34-35-36-37-38-39-41-42-44-47-50-53-56-59-62-65-68-74(77)80-71-72(70-79-73(76)67-64-61-58-55-52-49-46-27-24-21-18-15-12-9-6-3)81-75(78)69-66-63-60-57-54-51-48-45-43-40-33-31-29-26-23-20-17-14-11-8-5-2/h22-23,25-26,30-33,35-36,43,45,72H,4-21,24,27-29,34,37-42,44,46-71H2,1-3H3/b25-22-,26-23-,32-30-,33-31-,36-35-,45-43-. The van der Waals surface area contributed by atoms with Crippen molar-refractivity contribution in [1.29, 1.82) is 0 Å². The van der Waals surface area contributed by atoms with Gasteiger partial charge in [-0.25, -0.2) is 0 Å². The Labute approximate surface area is 503 Å². The molecule has 0 aromatic carbocycles. The molecular weight excluding hydrogens is 997 g/mol. The second-order valence-electron chi connectivity index (χ2n) is 23.8. The summed E-state index contributed by atoms with van der Waals surface area (Å²) in [6, 6.07) is 0. The van der Waals surface area contributed by atoms with Crippen LogP contribution >= 0.6 is 0 Å². The molecule has 6 heteroatoms. The fourth-order valence-electron chi connectivity index (χ4n) is 10.3. The van der Waals surface area contributed by atoms with E-state index in [4.69, 9.17) is 14.2 Å². The van der Waals surface area contributed by atoms with E-state index in [2.05, 4.69) is 93.7 Å². The molecule has 0 amide bonds. The van der Waals surface area contributed by atoms with Gasteiger partial charge in [0.2, 0.25) is 0 Å². The molecule has 1 atom stereocenters. The molecule has 1 unspecified atom stereocenters. The van der Waals surface area contributed by atoms with Gasteiger partial charge in [-0.2, -0.15) is 0 Å². The van der Waals surface area contributed by atoms with Gasteiger partial charge in [0, 0.05) is 19.3 Å². The van der Waals surface area contributed by atoms with Gasteiger partial charge in [0.25, 0.3) is 0 Å². The van der Waals surface area contributed by atoms with Crippen molar-refractivity contribution in [2.45, 2.75) is 374 Å². The molecule has 0 bridgehead atoms. The summed E-state index contributed by atoms with van der Waals surface area (Å²) in [7, 11) is 0. The Morgan fingerprint density at radius 2 is 0.444 bits per heavy atom. The maximum atomic E-state index is 13.0. The van der Waals surface area contributed by atoms with Crippen molar-refractivity contribution < 1.29 is 28.6 Å². The monoisotopic (exact) mass is 1130 g/mol. The van der Waals surface area contributed by atoms with Gasteiger partial charge in [0.05, 0.1) is 0 Å². The molecule has 0 N–H and O–H groups in total. The van der Waals surface area contributed by atoms with Gasteiger partial charge in [0.15, 0.2) is 6.10 Å². The fraction of sp³-hybridized carbons (Fsp3) is 0.800. The highest BCUT2D eigenvalue weighted by atomic mass is 16.6. The zero-order valence-corrected chi connectivity index (χ0v) is 54.1. The first-order chi connectivity index (χ1) is 40.0. The van der Waals surface area contributed by atoms with Gasteiger partial charge in [0.1, 0.15) is 13.2 Å². The smallest absolute Gasteiger partial charge is 0.306 e. The number of esters is 3. The van der Waals surface area contributed by atoms with Crippen LogP contribution in [0.3, 0.4) is 0 Å². The molecule has 81 heavy (non-hydrogen) atoms. The van der Waals surface area contributed by atoms with E-state index in [-0.39, 0.29) is 31.1 Å². The minimum atomic E-state index is -0.783. The molecule has 0 fully saturated rings. The van der Waals surface area contributed by atoms with E-state index in [1.165, 1.54) is 231 Å². The second-order valence-corrected chi connectivity index (χ2v) is 23.8. The molecule has 0 saturated carbocycles. The predicted octanol–water partition coefficient (Wildman–Crippen LogP) is 24.4. The summed E-state index contributed by atoms with van der Waals surface area (Å²) >= 11 is 0. The van der Waals surface area contributed by atoms with Crippen LogP contribution in [0.25, 0.3) is 0 Å². The average molecular weight is 1130 g/mol. The van der Waals surface area contributed by atoms with E-state index < -0.39 is 6.10 Å². The van der Waals surface area contributed by atoms with Crippen LogP contribution in [0.4, 0.5) is 0 Å². The van der Waals surface area contributed by atoms with Crippen molar-refractivity contribution in [3.63, 3.8) is 0 Å². The molecule has 0 aliphatic heterocycles. The maximum absolute atomic E-state index is 13.0. The molecule has 6 nitrogen and oxygen atoms in total. The number of hydrogen-bond donors (Lipinski definition) is 0. The van der Waals surface area contributed by atoms with E-state index >= 15 is 0 Å². The van der Waals surface area contributed by atoms with Crippen LogP contribution < -0.4 is 0 Å². The Morgan fingerprint density at radius 1 is 0.247 bits per heavy atom. The van der Waals surface area contributed by atoms with Gasteiger partial charge in [-0.3, -0.25) is 14.4 Å². The zero-order valence-electron chi connectivity index (χ0n) is 54.1. The summed E-state index contributed by atoms with van der Waals surface area (Å²) in [6.45, 7) is 6.66. The van der Waals surface area contributed by atoms with Crippen molar-refractivity contribution in [1.82, 2.24) is 0 Å². The van der Waals surface area contributed by atoms with E-state index in [0.29, 0.717) is 19.3 Å². The number of rotatable bonds is 65. The lowest BCUT2D eigenvalue weighted by molar-refractivity contribution is -0.167. The van der Waals surface area contributed by atoms with Gasteiger partial charge >= 0.3 is 17.9 Å². The van der Waals surface area contributed by atoms with E-state index in [1.807, 2.05) is 0 Å². The molecule has 0 aromatic rings. The van der Waals surface area contributed by atoms with Crippen LogP contribution in [0.2, 0.25) is 0 Å². The topological polar surface area (TPSA) is 78.9 Å². The Bertz CT molecular complexity index is 1490. The minimum absolute atomic E-state index is 0.0775. The molecule has 0 aliphatic rings. The Hall–Kier alpha value is -3.15. The highest BCUT2D eigenvalue weighted by molar-refractivity contribution is 5.71. The average Bonchev–Trinajstić information content (AvgIpc) is 3.47. The molecule has 0 aliphatic carbocycles. The summed E-state index contributed by atoms with van der Waals surface area (Å²) in [4.78, 5) is 38.5. The third-order valence-electron chi connectivity index (χ3n) is 15.7. The molecule has 0 spiro atoms. The first-order valence-corrected chi connectivity index (χ1v) is 35.4. The van der Waals surface area contributed by atoms with Crippen molar-refractivity contribution >= 4 is 17.9 Å². The van der Waals surface area contributed by atoms with Crippen LogP contribution in [0.1, 0.15) is 367 Å². The minimum Gasteiger partial charge on any atom is -0.462 e. The summed E-state index contributed by atoms with van der Waals surface area (Å²) < 4.78 is 17.0. The third-order valence-corrected chi connectivity index (χ3v) is 15.7. The molecule has 0 saturated heterocycles. The van der Waals surface area contributed by atoms with Crippen LogP contribution in [0, 0.1) is 0 Å². The second kappa shape index (κ2) is 69.3. The molecule has 0 heterocycles. The first kappa shape index (κ1) is 77.9. The quantitative estimate of drug-likeness (QED) is 0.0261. The van der Waals surface area contributed by atoms with E-state index in [0.717, 1.165) is 96.3 Å². The lowest BCUT2D eigenvalue weighted by atomic mass is 10.0. The Kier molecular flexibility index (Phi) is 66.6. The van der Waals surface area contributed by atoms with Crippen molar-refractivity contribution in [2.75, 3.05) is 13.2 Å². The van der Waals surface area contributed by atoms with Crippen LogP contribution in [0.5, 0.6) is 0 Å². The van der Waals surface area contributed by atoms with Crippen LogP contribution in [0.15, 0.2) is 72.9 Å². The van der Waals surface area contributed by atoms with Crippen molar-refractivity contribution in [3.05, 3.63) is 72.9 Å². The van der Waals surface area contributed by atoms with Crippen molar-refractivity contribution in [3.8, 4) is 0 Å². The SMILES string of the molecule is CCCCCCC/C=C\C/C=C\C/C=C\CCCCCCCCCCCCCCC(=O)OCC(COC(=O)CCCCCCCCCCCCCCCCC)OC(=O)CCCCCCCC/C=C\C/C=C\C/C=C\CCCCCCC. The number of allylic oxidation sites excluding steroid dienone is 12. The number of carbonyl (C=O) groups excluding carboxylic acids is 3. The number of ether oxygens (including phenoxy) is 3. The Morgan fingerprint density at radius 3 is 0.691 bits per heavy atom. The molecule has 0 aromatic heterocycles. The maximum Gasteiger partial charge on any atom is 0.306 e. The van der Waals surface area contributed by atoms with E-state index in [9.17, 15) is 14.4 Å². The first-order valence-electron chi connectivity index (χ1n) is 35.4. The van der Waals surface area contributed by atoms with Crippen LogP contribution in [-0.4, -0.2) is 37.2 Å². The lowest BCUT2D eigenvalue weighted by Crippen LogP contribution is -2.30. The summed E-state index contributed by atoms with van der Waals surface area (Å²) in [5, 5.41) is 0. The van der Waals surface area contributed by atoms with Gasteiger partial charge in [-0.1, -0.05) is 325 Å². The zero-order chi connectivity index (χ0) is 58.5. The normalized spacial score (nSPS) is 12.5. The van der Waals surface area contributed by atoms with Gasteiger partial charge < -0.3 is 14.2 Å². The third kappa shape index (κ3) is 67.5. The van der Waals surface area contributed by atoms with Gasteiger partial charge in [-0.15, -0.1) is 0 Å². The molecule has 470 valence electrons. The number of hydrogen-bond acceptors (Lipinski definition) is 6. The number of unbranched alkanes of at least 4 members (excludes halogenated alkanes) is 42. The van der Waals surface area contributed by atoms with Gasteiger partial charge in [-0.05, 0) is 96.3 Å². The molecule has 0 radical (unpaired) electrons. The lowest BCUT2D eigenvalue weighted by Gasteiger charge is -2.18. The predicted molar refractivity (Wildman–Crippen MR) is 353 cm³/mol. The largest absolute Gasteiger partial charge is 0.462 e. The van der Waals surface area contributed by atoms with E-state index in [1.54, 1.807) is 0 Å². The fourth-order valence-corrected chi connectivity index (χ4v) is 10.3. The Balaban J connectivity index is 4.32. The molecular formula is C75H134O6. The summed E-state index contributed by atoms with van der Waals surface area (Å²) in [5.74, 6) is -0.871. The number of carbonyl (C=O) groups is 3. The molecule has 0 rings (SSSR count). The van der Waals surface area contributed by atoms with Crippen LogP contribution in [-0.2, 0) is 28.6 Å².